The molecule has 0 bridgehead atoms. The average molecular weight is 643 g/mol. The lowest BCUT2D eigenvalue weighted by atomic mass is 9.81. The predicted molar refractivity (Wildman–Crippen MR) is 199 cm³/mol. The summed E-state index contributed by atoms with van der Waals surface area (Å²) in [6.07, 6.45) is 13.9. The molecule has 10 rings (SSSR count). The number of nitrogens with zero attached hydrogens (tertiary/aromatic N) is 4. The van der Waals surface area contributed by atoms with Crippen molar-refractivity contribution in [3.8, 4) is 56.0 Å². The first kappa shape index (κ1) is 28.1. The molecule has 4 aromatic heterocycles. The molecule has 0 saturated carbocycles. The number of fused-ring (bicyclic) bond motifs is 4. The summed E-state index contributed by atoms with van der Waals surface area (Å²) in [6.45, 7) is 0. The molecule has 0 aliphatic rings. The number of hydrogen-bond acceptors (Lipinski definition) is 6. The summed E-state index contributed by atoms with van der Waals surface area (Å²) < 4.78 is 11.3. The molecule has 0 saturated heterocycles. The molecule has 0 amide bonds. The van der Waals surface area contributed by atoms with Gasteiger partial charge in [0.05, 0.1) is 12.4 Å². The van der Waals surface area contributed by atoms with Gasteiger partial charge >= 0.3 is 0 Å². The van der Waals surface area contributed by atoms with Crippen LogP contribution in [0.25, 0.3) is 99.1 Å². The Balaban J connectivity index is 1.32. The molecule has 0 aliphatic heterocycles. The average Bonchev–Trinajstić information content (AvgIpc) is 3.93. The number of pyridine rings is 2. The Kier molecular flexibility index (Phi) is 6.39. The fraction of sp³-hybridized carbons (Fsp3) is 0. The first-order valence-corrected chi connectivity index (χ1v) is 16.4. The maximum absolute atomic E-state index is 5.65. The second-order valence-corrected chi connectivity index (χ2v) is 12.3. The molecule has 6 nitrogen and oxygen atoms in total. The first-order valence-electron chi connectivity index (χ1n) is 16.4. The van der Waals surface area contributed by atoms with Crippen LogP contribution in [0.5, 0.6) is 0 Å². The number of hydrogen-bond donors (Lipinski definition) is 0. The monoisotopic (exact) mass is 642 g/mol. The van der Waals surface area contributed by atoms with Gasteiger partial charge in [-0.1, -0.05) is 97.1 Å². The zero-order chi connectivity index (χ0) is 33.0. The second kappa shape index (κ2) is 11.4. The number of benzene rings is 6. The Morgan fingerprint density at radius 1 is 0.300 bits per heavy atom. The first-order chi connectivity index (χ1) is 24.8. The van der Waals surface area contributed by atoms with Crippen LogP contribution in [0, 0.1) is 0 Å². The molecule has 6 heteroatoms. The summed E-state index contributed by atoms with van der Waals surface area (Å²) in [6, 6.07) is 39.2. The zero-order valence-corrected chi connectivity index (χ0v) is 26.6. The van der Waals surface area contributed by atoms with Gasteiger partial charge in [0.25, 0.3) is 0 Å². The van der Waals surface area contributed by atoms with E-state index in [4.69, 9.17) is 8.83 Å². The molecule has 0 atom stereocenters. The van der Waals surface area contributed by atoms with Crippen LogP contribution in [-0.4, -0.2) is 19.9 Å². The van der Waals surface area contributed by atoms with E-state index in [9.17, 15) is 0 Å². The molecule has 10 aromatic rings. The highest BCUT2D eigenvalue weighted by Crippen LogP contribution is 2.50. The van der Waals surface area contributed by atoms with Gasteiger partial charge in [-0.2, -0.15) is 0 Å². The van der Waals surface area contributed by atoms with Gasteiger partial charge in [-0.05, 0) is 77.5 Å². The lowest BCUT2D eigenvalue weighted by Crippen LogP contribution is -1.95. The minimum absolute atomic E-state index is 0.684. The molecule has 6 aromatic carbocycles. The van der Waals surface area contributed by atoms with Gasteiger partial charge in [-0.25, -0.2) is 9.97 Å². The zero-order valence-electron chi connectivity index (χ0n) is 26.6. The van der Waals surface area contributed by atoms with E-state index in [1.165, 1.54) is 45.5 Å². The van der Waals surface area contributed by atoms with Gasteiger partial charge in [0.2, 0.25) is 0 Å². The Labute approximate surface area is 286 Å². The third kappa shape index (κ3) is 4.36. The molecule has 0 radical (unpaired) electrons. The quantitative estimate of drug-likeness (QED) is 0.174. The number of oxazole rings is 2. The van der Waals surface area contributed by atoms with Crippen molar-refractivity contribution in [2.75, 3.05) is 0 Å². The number of aromatic nitrogens is 4. The molecular formula is C44H26N4O2. The molecule has 0 N–H and O–H groups in total. The third-order valence-electron chi connectivity index (χ3n) is 9.60. The maximum atomic E-state index is 5.65. The smallest absolute Gasteiger partial charge is 0.181 e. The summed E-state index contributed by atoms with van der Waals surface area (Å²) in [7, 11) is 0. The van der Waals surface area contributed by atoms with Gasteiger partial charge < -0.3 is 8.83 Å². The van der Waals surface area contributed by atoms with Crippen LogP contribution in [-0.2, 0) is 0 Å². The van der Waals surface area contributed by atoms with Crippen LogP contribution in [0.3, 0.4) is 0 Å². The lowest BCUT2D eigenvalue weighted by Gasteiger charge is -2.22. The van der Waals surface area contributed by atoms with E-state index in [1.807, 2.05) is 24.8 Å². The standard InChI is InChI=1S/C44H26N4O2/c1-5-13-35-31(9-1)41(29-17-27(19-45-21-29)39-23-47-25-49-39)32-10-2-6-14-36(32)43(35)44-37-15-7-3-11-33(37)42(34-12-4-8-16-38(34)44)30-18-28(20-46-22-30)40-24-48-26-50-40/h1-26H. The molecular weight excluding hydrogens is 617 g/mol. The Bertz CT molecular complexity index is 2560. The van der Waals surface area contributed by atoms with Crippen molar-refractivity contribution in [3.05, 3.63) is 159 Å². The molecule has 0 spiro atoms. The van der Waals surface area contributed by atoms with Gasteiger partial charge in [-0.3, -0.25) is 9.97 Å². The van der Waals surface area contributed by atoms with Gasteiger partial charge in [0.1, 0.15) is 0 Å². The fourth-order valence-corrected chi connectivity index (χ4v) is 7.56. The molecule has 234 valence electrons. The lowest BCUT2D eigenvalue weighted by molar-refractivity contribution is 0.571. The van der Waals surface area contributed by atoms with Crippen LogP contribution in [0.4, 0.5) is 0 Å². The fourth-order valence-electron chi connectivity index (χ4n) is 7.56. The van der Waals surface area contributed by atoms with Crippen LogP contribution in [0.15, 0.2) is 168 Å². The Morgan fingerprint density at radius 2 is 0.600 bits per heavy atom. The van der Waals surface area contributed by atoms with Crippen molar-refractivity contribution < 1.29 is 8.83 Å². The van der Waals surface area contributed by atoms with Crippen molar-refractivity contribution in [1.82, 2.24) is 19.9 Å². The van der Waals surface area contributed by atoms with E-state index in [1.54, 1.807) is 12.4 Å². The topological polar surface area (TPSA) is 77.8 Å². The highest BCUT2D eigenvalue weighted by molar-refractivity contribution is 6.30. The van der Waals surface area contributed by atoms with E-state index < -0.39 is 0 Å². The van der Waals surface area contributed by atoms with Crippen LogP contribution < -0.4 is 0 Å². The maximum Gasteiger partial charge on any atom is 0.181 e. The van der Waals surface area contributed by atoms with Crippen LogP contribution >= 0.6 is 0 Å². The van der Waals surface area contributed by atoms with Crippen molar-refractivity contribution in [3.63, 3.8) is 0 Å². The highest BCUT2D eigenvalue weighted by atomic mass is 16.3. The van der Waals surface area contributed by atoms with Gasteiger partial charge in [0, 0.05) is 47.0 Å². The summed E-state index contributed by atoms with van der Waals surface area (Å²) in [4.78, 5) is 17.6. The van der Waals surface area contributed by atoms with Crippen molar-refractivity contribution in [2.45, 2.75) is 0 Å². The van der Waals surface area contributed by atoms with E-state index in [2.05, 4.69) is 129 Å². The largest absolute Gasteiger partial charge is 0.443 e. The minimum Gasteiger partial charge on any atom is -0.443 e. The van der Waals surface area contributed by atoms with E-state index in [0.717, 1.165) is 54.9 Å². The summed E-state index contributed by atoms with van der Waals surface area (Å²) in [5.41, 5.74) is 8.46. The molecule has 50 heavy (non-hydrogen) atoms. The van der Waals surface area contributed by atoms with E-state index in [-0.39, 0.29) is 0 Å². The Morgan fingerprint density at radius 3 is 0.900 bits per heavy atom. The number of rotatable bonds is 5. The Hall–Kier alpha value is -6.92. The minimum atomic E-state index is 0.684. The van der Waals surface area contributed by atoms with Crippen molar-refractivity contribution in [1.29, 1.82) is 0 Å². The third-order valence-corrected chi connectivity index (χ3v) is 9.60. The van der Waals surface area contributed by atoms with Crippen molar-refractivity contribution >= 4 is 43.1 Å². The molecule has 0 unspecified atom stereocenters. The summed E-state index contributed by atoms with van der Waals surface area (Å²) in [5, 5.41) is 9.29. The van der Waals surface area contributed by atoms with Gasteiger partial charge in [0.15, 0.2) is 24.3 Å². The molecule has 0 fully saturated rings. The normalized spacial score (nSPS) is 11.6. The summed E-state index contributed by atoms with van der Waals surface area (Å²) in [5.74, 6) is 1.37. The molecule has 0 aliphatic carbocycles. The SMILES string of the molecule is c1ccc2c(-c3c4ccccc4c(-c4cncc(-c5cnco5)c4)c4ccccc34)c3ccccc3c(-c3cncc(-c4cnco4)c3)c2c1. The van der Waals surface area contributed by atoms with E-state index >= 15 is 0 Å². The van der Waals surface area contributed by atoms with Crippen LogP contribution in [0.1, 0.15) is 0 Å². The molecule has 4 heterocycles. The van der Waals surface area contributed by atoms with E-state index in [0.29, 0.717) is 11.5 Å². The highest BCUT2D eigenvalue weighted by Gasteiger charge is 2.23. The van der Waals surface area contributed by atoms with Crippen LogP contribution in [0.2, 0.25) is 0 Å². The predicted octanol–water partition coefficient (Wildman–Crippen LogP) is 11.4. The van der Waals surface area contributed by atoms with Gasteiger partial charge in [-0.15, -0.1) is 0 Å². The van der Waals surface area contributed by atoms with Crippen molar-refractivity contribution in [2.24, 2.45) is 0 Å². The summed E-state index contributed by atoms with van der Waals surface area (Å²) >= 11 is 0. The second-order valence-electron chi connectivity index (χ2n) is 12.3.